The molecule has 0 saturated carbocycles. The van der Waals surface area contributed by atoms with E-state index in [1.54, 1.807) is 0 Å². The first-order valence-corrected chi connectivity index (χ1v) is 13.5. The molecule has 2 aliphatic rings. The van der Waals surface area contributed by atoms with Gasteiger partial charge in [0.1, 0.15) is 17.6 Å². The minimum Gasteiger partial charge on any atom is -0.790 e. The summed E-state index contributed by atoms with van der Waals surface area (Å²) in [5.74, 6) is -0.00921. The molecule has 1 aromatic heterocycles. The number of phosphoric ester groups is 1. The smallest absolute Gasteiger partial charge is 0.790 e. The van der Waals surface area contributed by atoms with Gasteiger partial charge in [0.15, 0.2) is 12.2 Å². The number of nitrogens with two attached hydrogens (primary N) is 1. The molecule has 18 nitrogen and oxygen atoms in total. The van der Waals surface area contributed by atoms with Crippen molar-refractivity contribution in [3.05, 3.63) is 12.0 Å². The zero-order valence-electron chi connectivity index (χ0n) is 20.2. The summed E-state index contributed by atoms with van der Waals surface area (Å²) < 4.78 is 50.9. The summed E-state index contributed by atoms with van der Waals surface area (Å²) in [6, 6.07) is 0. The van der Waals surface area contributed by atoms with Crippen molar-refractivity contribution in [3.8, 4) is 0 Å². The van der Waals surface area contributed by atoms with Gasteiger partial charge < -0.3 is 54.7 Å². The number of aliphatic hydroxyl groups excluding tert-OH is 1. The van der Waals surface area contributed by atoms with Crippen molar-refractivity contribution in [1.29, 1.82) is 0 Å². The van der Waals surface area contributed by atoms with Gasteiger partial charge in [0, 0.05) is 0 Å². The number of ether oxygens (including phenoxy) is 1. The predicted octanol–water partition coefficient (Wildman–Crippen LogP) is -15.8. The van der Waals surface area contributed by atoms with Gasteiger partial charge in [-0.15, -0.1) is 0 Å². The molecule has 1 aromatic rings. The topological polar surface area (TPSA) is 289 Å². The van der Waals surface area contributed by atoms with Gasteiger partial charge >= 0.3 is 118 Å². The Labute approximate surface area is 303 Å². The minimum atomic E-state index is -6.13. The Balaban J connectivity index is 0. The van der Waals surface area contributed by atoms with Gasteiger partial charge in [-0.05, 0) is 6.92 Å². The number of rotatable bonds is 8. The van der Waals surface area contributed by atoms with E-state index in [1.165, 1.54) is 17.8 Å². The molecule has 37 heavy (non-hydrogen) atoms. The van der Waals surface area contributed by atoms with E-state index >= 15 is 0 Å². The number of phosphoric acid groups is 3. The number of nitrogens with one attached hydrogen (secondary N) is 1. The second-order valence-corrected chi connectivity index (χ2v) is 11.7. The number of hydrogen-bond acceptors (Lipinski definition) is 18. The van der Waals surface area contributed by atoms with E-state index in [0.29, 0.717) is 0 Å². The third-order valence-electron chi connectivity index (χ3n) is 4.24. The van der Waals surface area contributed by atoms with E-state index in [9.17, 15) is 43.5 Å². The summed E-state index contributed by atoms with van der Waals surface area (Å²) in [6.07, 6.45) is -2.81. The fourth-order valence-electron chi connectivity index (χ4n) is 3.01. The fourth-order valence-corrected chi connectivity index (χ4v) is 6.28. The van der Waals surface area contributed by atoms with Crippen LogP contribution in [0.4, 0.5) is 5.82 Å². The summed E-state index contributed by atoms with van der Waals surface area (Å²) in [6.45, 7) is 0.312. The molecule has 0 aromatic carbocycles. The van der Waals surface area contributed by atoms with Crippen molar-refractivity contribution >= 4 is 47.9 Å². The molecular formula is C11H16N5Na4O13P3S. The number of aliphatic imine (C=N–C) groups is 1. The van der Waals surface area contributed by atoms with Crippen molar-refractivity contribution in [2.75, 3.05) is 11.9 Å². The van der Waals surface area contributed by atoms with Crippen LogP contribution in [0.25, 0.3) is 0 Å². The maximum atomic E-state index is 11.7. The van der Waals surface area contributed by atoms with Crippen LogP contribution in [0.3, 0.4) is 0 Å². The Bertz CT molecular complexity index is 1110. The molecule has 7 atom stereocenters. The number of fused-ring (bicyclic) bond motifs is 1. The second-order valence-electron chi connectivity index (χ2n) is 6.84. The summed E-state index contributed by atoms with van der Waals surface area (Å²) in [4.78, 5) is 51.4. The molecule has 0 radical (unpaired) electrons. The fraction of sp³-hybridized carbons (Fsp3) is 0.636. The Morgan fingerprint density at radius 3 is 2.30 bits per heavy atom. The van der Waals surface area contributed by atoms with E-state index in [0.717, 1.165) is 0 Å². The van der Waals surface area contributed by atoms with Crippen molar-refractivity contribution in [3.63, 3.8) is 0 Å². The number of thiol groups is 1. The molecule has 0 aliphatic carbocycles. The van der Waals surface area contributed by atoms with Crippen LogP contribution >= 0.6 is 36.1 Å². The van der Waals surface area contributed by atoms with Crippen LogP contribution in [0.15, 0.2) is 11.3 Å². The third-order valence-corrected chi connectivity index (χ3v) is 8.46. The molecule has 0 amide bonds. The van der Waals surface area contributed by atoms with Crippen molar-refractivity contribution < 1.29 is 180 Å². The van der Waals surface area contributed by atoms with Crippen LogP contribution in [0.5, 0.6) is 0 Å². The minimum absolute atomic E-state index is 0. The Morgan fingerprint density at radius 2 is 1.76 bits per heavy atom. The molecule has 0 bridgehead atoms. The van der Waals surface area contributed by atoms with Crippen LogP contribution in [0.2, 0.25) is 0 Å². The number of aromatic nitrogens is 2. The third kappa shape index (κ3) is 11.3. The Morgan fingerprint density at radius 1 is 1.19 bits per heavy atom. The summed E-state index contributed by atoms with van der Waals surface area (Å²) in [5, 5.41) is 22.3. The van der Waals surface area contributed by atoms with E-state index < -0.39 is 59.5 Å². The van der Waals surface area contributed by atoms with Crippen LogP contribution in [0, 0.1) is 0 Å². The van der Waals surface area contributed by atoms with Gasteiger partial charge in [-0.1, -0.05) is 0 Å². The molecule has 3 heterocycles. The summed E-state index contributed by atoms with van der Waals surface area (Å²) >= 11 is 4.22. The Kier molecular flexibility index (Phi) is 18.0. The molecule has 1 fully saturated rings. The van der Waals surface area contributed by atoms with E-state index in [-0.39, 0.29) is 136 Å². The van der Waals surface area contributed by atoms with Gasteiger partial charge in [-0.3, -0.25) is 18.0 Å². The molecule has 1 saturated heterocycles. The largest absolute Gasteiger partial charge is 1.00 e. The summed E-state index contributed by atoms with van der Waals surface area (Å²) in [5.41, 5.74) is 3.92. The molecule has 7 unspecified atom stereocenters. The number of anilines is 1. The van der Waals surface area contributed by atoms with Gasteiger partial charge in [-0.2, -0.15) is 12.6 Å². The standard InChI is InChI=1S/C11H20N5O13P3S.4Na/c1-11(18)7-8(14-10(12)15-11)16(3-13-7)9-6(33)5(17)4(27-9)2-26-31(22,23)29-32(24,25)28-30(19,20)21;;;;/h3-6,9,17-18,33H,2H2,1H3,(H,22,23)(H,24,25)(H3,12,14,15)(H2,19,20,21);;;;/q;4*+1/p-4. The first-order chi connectivity index (χ1) is 14.9. The number of guanidine groups is 1. The number of aliphatic hydroxyl groups is 2. The van der Waals surface area contributed by atoms with Crippen molar-refractivity contribution in [2.24, 2.45) is 10.7 Å². The maximum Gasteiger partial charge on any atom is 1.00 e. The first kappa shape index (κ1) is 42.3. The van der Waals surface area contributed by atoms with Gasteiger partial charge in [0.2, 0.25) is 5.72 Å². The molecule has 3 rings (SSSR count). The first-order valence-electron chi connectivity index (χ1n) is 8.56. The SMILES string of the molecule is CC1(O)N=C(N)Nc2c1ncn2C1OC(COP(=O)([O-])OP(=O)([O-])OP(=O)([O-])[O-])C(O)C1S.[Na+].[Na+].[Na+].[Na+]. The van der Waals surface area contributed by atoms with Crippen molar-refractivity contribution in [2.45, 2.75) is 36.3 Å². The van der Waals surface area contributed by atoms with Crippen LogP contribution < -0.4 is 149 Å². The predicted molar refractivity (Wildman–Crippen MR) is 101 cm³/mol. The molecule has 188 valence electrons. The average Bonchev–Trinajstić information content (AvgIpc) is 3.12. The van der Waals surface area contributed by atoms with E-state index in [2.05, 4.69) is 41.1 Å². The van der Waals surface area contributed by atoms with Gasteiger partial charge in [-0.25, -0.2) is 14.3 Å². The average molecular weight is 643 g/mol. The normalized spacial score (nSPS) is 29.9. The molecular weight excluding hydrogens is 627 g/mol. The van der Waals surface area contributed by atoms with Gasteiger partial charge in [0.25, 0.3) is 15.6 Å². The molecule has 5 N–H and O–H groups in total. The number of nitrogens with zero attached hydrogens (tertiary/aromatic N) is 3. The van der Waals surface area contributed by atoms with E-state index in [4.69, 9.17) is 10.5 Å². The molecule has 26 heteroatoms. The zero-order chi connectivity index (χ0) is 25.0. The quantitative estimate of drug-likeness (QED) is 0.0998. The van der Waals surface area contributed by atoms with Crippen molar-refractivity contribution in [1.82, 2.24) is 9.55 Å². The maximum absolute atomic E-state index is 11.7. The Hall–Kier alpha value is 3.12. The zero-order valence-corrected chi connectivity index (χ0v) is 31.8. The summed E-state index contributed by atoms with van der Waals surface area (Å²) in [7, 11) is -18.0. The van der Waals surface area contributed by atoms with E-state index in [1.807, 2.05) is 0 Å². The number of imidazole rings is 1. The van der Waals surface area contributed by atoms with Gasteiger partial charge in [0.05, 0.1) is 32.1 Å². The van der Waals surface area contributed by atoms with Crippen LogP contribution in [-0.4, -0.2) is 49.8 Å². The molecule has 2 aliphatic heterocycles. The van der Waals surface area contributed by atoms with Crippen LogP contribution in [0.1, 0.15) is 18.8 Å². The van der Waals surface area contributed by atoms with Crippen LogP contribution in [-0.2, 0) is 37.3 Å². The molecule has 0 spiro atoms. The number of hydrogen-bond donors (Lipinski definition) is 5. The second kappa shape index (κ2) is 15.7. The monoisotopic (exact) mass is 643 g/mol.